The molecule has 3 aromatic rings. The van der Waals surface area contributed by atoms with Gasteiger partial charge >= 0.3 is 0 Å². The standard InChI is InChI=1S/C22H23FN4O2/c1-29-20-8-6-19(7-9-20)27-11-10-24-21(27)13-25-18-12-22(28)26(15-18)14-16-2-4-17(23)5-3-16/h2-11,18,25H,12-15H2,1H3/t18-/m1/s1. The van der Waals surface area contributed by atoms with Crippen molar-refractivity contribution < 1.29 is 13.9 Å². The Morgan fingerprint density at radius 2 is 1.93 bits per heavy atom. The number of rotatable bonds is 7. The predicted octanol–water partition coefficient (Wildman–Crippen LogP) is 2.91. The molecule has 1 aromatic heterocycles. The molecule has 1 N–H and O–H groups in total. The minimum atomic E-state index is -0.270. The maximum Gasteiger partial charge on any atom is 0.224 e. The fourth-order valence-electron chi connectivity index (χ4n) is 3.55. The van der Waals surface area contributed by atoms with Crippen LogP contribution in [0.4, 0.5) is 4.39 Å². The quantitative estimate of drug-likeness (QED) is 0.670. The Morgan fingerprint density at radius 3 is 2.66 bits per heavy atom. The van der Waals surface area contributed by atoms with E-state index in [1.807, 2.05) is 35.0 Å². The van der Waals surface area contributed by atoms with Crippen LogP contribution in [0.1, 0.15) is 17.8 Å². The van der Waals surface area contributed by atoms with Gasteiger partial charge in [0.1, 0.15) is 17.4 Å². The topological polar surface area (TPSA) is 59.4 Å². The number of nitrogens with zero attached hydrogens (tertiary/aromatic N) is 3. The fraction of sp³-hybridized carbons (Fsp3) is 0.273. The van der Waals surface area contributed by atoms with Gasteiger partial charge in [0, 0.05) is 43.6 Å². The Balaban J connectivity index is 1.36. The number of halogens is 1. The van der Waals surface area contributed by atoms with Crippen LogP contribution >= 0.6 is 0 Å². The lowest BCUT2D eigenvalue weighted by atomic mass is 10.2. The molecule has 2 heterocycles. The SMILES string of the molecule is COc1ccc(-n2ccnc2CN[C@@H]2CC(=O)N(Cc3ccc(F)cc3)C2)cc1. The molecule has 2 aromatic carbocycles. The molecule has 0 saturated carbocycles. The highest BCUT2D eigenvalue weighted by Gasteiger charge is 2.29. The molecule has 1 aliphatic rings. The van der Waals surface area contributed by atoms with Crippen molar-refractivity contribution in [3.05, 3.63) is 78.1 Å². The highest BCUT2D eigenvalue weighted by Crippen LogP contribution is 2.18. The summed E-state index contributed by atoms with van der Waals surface area (Å²) in [5.41, 5.74) is 1.93. The van der Waals surface area contributed by atoms with E-state index < -0.39 is 0 Å². The molecule has 7 heteroatoms. The number of benzene rings is 2. The third kappa shape index (κ3) is 4.46. The average molecular weight is 394 g/mol. The zero-order chi connectivity index (χ0) is 20.2. The van der Waals surface area contributed by atoms with Gasteiger partial charge in [-0.2, -0.15) is 0 Å². The van der Waals surface area contributed by atoms with Crippen LogP contribution in [-0.2, 0) is 17.9 Å². The number of methoxy groups -OCH3 is 1. The van der Waals surface area contributed by atoms with E-state index in [4.69, 9.17) is 4.74 Å². The van der Waals surface area contributed by atoms with Gasteiger partial charge in [-0.3, -0.25) is 4.79 Å². The number of hydrogen-bond acceptors (Lipinski definition) is 4. The van der Waals surface area contributed by atoms with E-state index in [1.165, 1.54) is 12.1 Å². The van der Waals surface area contributed by atoms with E-state index in [1.54, 1.807) is 30.3 Å². The van der Waals surface area contributed by atoms with E-state index >= 15 is 0 Å². The van der Waals surface area contributed by atoms with Crippen LogP contribution in [0.25, 0.3) is 5.69 Å². The monoisotopic (exact) mass is 394 g/mol. The summed E-state index contributed by atoms with van der Waals surface area (Å²) in [7, 11) is 1.64. The summed E-state index contributed by atoms with van der Waals surface area (Å²) >= 11 is 0. The van der Waals surface area contributed by atoms with E-state index in [0.717, 1.165) is 22.8 Å². The highest BCUT2D eigenvalue weighted by molar-refractivity contribution is 5.79. The fourth-order valence-corrected chi connectivity index (χ4v) is 3.55. The molecule has 4 rings (SSSR count). The molecule has 0 spiro atoms. The Hall–Kier alpha value is -3.19. The van der Waals surface area contributed by atoms with Gasteiger partial charge in [-0.1, -0.05) is 12.1 Å². The second kappa shape index (κ2) is 8.45. The van der Waals surface area contributed by atoms with Gasteiger partial charge < -0.3 is 19.5 Å². The van der Waals surface area contributed by atoms with Crippen molar-refractivity contribution in [2.24, 2.45) is 0 Å². The number of ether oxygens (including phenoxy) is 1. The van der Waals surface area contributed by atoms with E-state index in [9.17, 15) is 9.18 Å². The molecular weight excluding hydrogens is 371 g/mol. The molecule has 6 nitrogen and oxygen atoms in total. The average Bonchev–Trinajstić information content (AvgIpc) is 3.35. The molecule has 0 unspecified atom stereocenters. The number of carbonyl (C=O) groups excluding carboxylic acids is 1. The first-order valence-corrected chi connectivity index (χ1v) is 9.54. The van der Waals surface area contributed by atoms with Crippen molar-refractivity contribution in [3.8, 4) is 11.4 Å². The van der Waals surface area contributed by atoms with Crippen molar-refractivity contribution in [2.75, 3.05) is 13.7 Å². The van der Waals surface area contributed by atoms with Gasteiger partial charge in [0.2, 0.25) is 5.91 Å². The van der Waals surface area contributed by atoms with Crippen LogP contribution in [-0.4, -0.2) is 40.1 Å². The first-order chi connectivity index (χ1) is 14.1. The number of imidazole rings is 1. The number of carbonyl (C=O) groups is 1. The van der Waals surface area contributed by atoms with Crippen molar-refractivity contribution in [3.63, 3.8) is 0 Å². The molecular formula is C22H23FN4O2. The number of nitrogens with one attached hydrogen (secondary N) is 1. The summed E-state index contributed by atoms with van der Waals surface area (Å²) < 4.78 is 20.3. The summed E-state index contributed by atoms with van der Waals surface area (Å²) in [4.78, 5) is 18.6. The Labute approximate surface area is 168 Å². The number of hydrogen-bond donors (Lipinski definition) is 1. The molecule has 1 saturated heterocycles. The van der Waals surface area contributed by atoms with Gasteiger partial charge in [0.25, 0.3) is 0 Å². The lowest BCUT2D eigenvalue weighted by molar-refractivity contribution is -0.128. The molecule has 0 radical (unpaired) electrons. The molecule has 0 aliphatic carbocycles. The van der Waals surface area contributed by atoms with Crippen LogP contribution in [0.5, 0.6) is 5.75 Å². The summed E-state index contributed by atoms with van der Waals surface area (Å²) in [6, 6.07) is 14.1. The summed E-state index contributed by atoms with van der Waals surface area (Å²) in [5.74, 6) is 1.51. The second-order valence-corrected chi connectivity index (χ2v) is 7.09. The smallest absolute Gasteiger partial charge is 0.224 e. The minimum absolute atomic E-state index is 0.0592. The Bertz CT molecular complexity index is 969. The first kappa shape index (κ1) is 19.1. The van der Waals surface area contributed by atoms with Crippen molar-refractivity contribution >= 4 is 5.91 Å². The molecule has 1 fully saturated rings. The lowest BCUT2D eigenvalue weighted by Crippen LogP contribution is -2.33. The van der Waals surface area contributed by atoms with Gasteiger partial charge in [0.15, 0.2) is 0 Å². The number of aromatic nitrogens is 2. The molecule has 150 valence electrons. The number of likely N-dealkylation sites (tertiary alicyclic amines) is 1. The van der Waals surface area contributed by atoms with Gasteiger partial charge in [-0.15, -0.1) is 0 Å². The maximum atomic E-state index is 13.1. The summed E-state index contributed by atoms with van der Waals surface area (Å²) in [6.45, 7) is 1.68. The molecule has 1 aliphatic heterocycles. The highest BCUT2D eigenvalue weighted by atomic mass is 19.1. The first-order valence-electron chi connectivity index (χ1n) is 9.54. The third-order valence-electron chi connectivity index (χ3n) is 5.12. The van der Waals surface area contributed by atoms with Crippen LogP contribution in [0, 0.1) is 5.82 Å². The van der Waals surface area contributed by atoms with Gasteiger partial charge in [-0.25, -0.2) is 9.37 Å². The summed E-state index contributed by atoms with van der Waals surface area (Å²) in [6.07, 6.45) is 4.13. The zero-order valence-electron chi connectivity index (χ0n) is 16.2. The van der Waals surface area contributed by atoms with Crippen molar-refractivity contribution in [1.29, 1.82) is 0 Å². The molecule has 1 atom stereocenters. The largest absolute Gasteiger partial charge is 0.497 e. The molecule has 29 heavy (non-hydrogen) atoms. The van der Waals surface area contributed by atoms with Gasteiger partial charge in [0.05, 0.1) is 13.7 Å². The van der Waals surface area contributed by atoms with E-state index in [0.29, 0.717) is 26.1 Å². The van der Waals surface area contributed by atoms with Crippen LogP contribution < -0.4 is 10.1 Å². The summed E-state index contributed by atoms with van der Waals surface area (Å²) in [5, 5.41) is 3.44. The normalized spacial score (nSPS) is 16.4. The second-order valence-electron chi connectivity index (χ2n) is 7.09. The minimum Gasteiger partial charge on any atom is -0.497 e. The van der Waals surface area contributed by atoms with Crippen LogP contribution in [0.15, 0.2) is 60.9 Å². The Morgan fingerprint density at radius 1 is 1.17 bits per heavy atom. The Kier molecular flexibility index (Phi) is 5.57. The van der Waals surface area contributed by atoms with Gasteiger partial charge in [-0.05, 0) is 42.0 Å². The van der Waals surface area contributed by atoms with Crippen LogP contribution in [0.2, 0.25) is 0 Å². The van der Waals surface area contributed by atoms with Crippen LogP contribution in [0.3, 0.4) is 0 Å². The predicted molar refractivity (Wildman–Crippen MR) is 107 cm³/mol. The maximum absolute atomic E-state index is 13.1. The molecule has 0 bridgehead atoms. The number of amides is 1. The third-order valence-corrected chi connectivity index (χ3v) is 5.12. The molecule has 1 amide bonds. The van der Waals surface area contributed by atoms with Crippen molar-refractivity contribution in [1.82, 2.24) is 19.8 Å². The van der Waals surface area contributed by atoms with Crippen molar-refractivity contribution in [2.45, 2.75) is 25.6 Å². The zero-order valence-corrected chi connectivity index (χ0v) is 16.2. The van der Waals surface area contributed by atoms with E-state index in [2.05, 4.69) is 10.3 Å². The lowest BCUT2D eigenvalue weighted by Gasteiger charge is -2.17. The van der Waals surface area contributed by atoms with E-state index in [-0.39, 0.29) is 17.8 Å².